The summed E-state index contributed by atoms with van der Waals surface area (Å²) in [6.07, 6.45) is 0. The summed E-state index contributed by atoms with van der Waals surface area (Å²) in [5, 5.41) is 0. The number of halogens is 1. The molecule has 0 heterocycles. The summed E-state index contributed by atoms with van der Waals surface area (Å²) in [4.78, 5) is 0. The maximum atomic E-state index is 5.10. The van der Waals surface area contributed by atoms with Crippen LogP contribution in [0.1, 0.15) is 0 Å². The molecule has 0 bridgehead atoms. The minimum absolute atomic E-state index is 0. The zero-order chi connectivity index (χ0) is 5.82. The maximum absolute atomic E-state index is 5.10. The van der Waals surface area contributed by atoms with Gasteiger partial charge >= 0.3 is 56.7 Å². The summed E-state index contributed by atoms with van der Waals surface area (Å²) in [7, 11) is 0. The first kappa shape index (κ1) is 9.04. The van der Waals surface area contributed by atoms with E-state index in [0.29, 0.717) is 16.9 Å². The predicted octanol–water partition coefficient (Wildman–Crippen LogP) is 0.924. The van der Waals surface area contributed by atoms with Crippen molar-refractivity contribution in [2.75, 3.05) is 0 Å². The molecular weight excluding hydrogens is 241 g/mol. The molecule has 9 heavy (non-hydrogen) atoms. The third-order valence-corrected chi connectivity index (χ3v) is 1.97. The molecule has 0 atom stereocenters. The van der Waals surface area contributed by atoms with Crippen LogP contribution in [0.2, 0.25) is 0 Å². The van der Waals surface area contributed by atoms with Gasteiger partial charge in [0.25, 0.3) is 0 Å². The SMILES string of the molecule is Br.[GeH3][O]c1ccccc1. The van der Waals surface area contributed by atoms with E-state index in [1.807, 2.05) is 30.3 Å². The Bertz CT molecular complexity index is 154. The van der Waals surface area contributed by atoms with E-state index in [4.69, 9.17) is 3.76 Å². The zero-order valence-electron chi connectivity index (χ0n) is 5.20. The van der Waals surface area contributed by atoms with Gasteiger partial charge in [-0.1, -0.05) is 0 Å². The number of rotatable bonds is 1. The molecule has 0 radical (unpaired) electrons. The molecule has 0 N–H and O–H groups in total. The summed E-state index contributed by atoms with van der Waals surface area (Å²) in [5.74, 6) is 0.993. The molecule has 0 spiro atoms. The van der Waals surface area contributed by atoms with Crippen molar-refractivity contribution in [2.45, 2.75) is 0 Å². The molecule has 1 rings (SSSR count). The molecule has 1 nitrogen and oxygen atoms in total. The van der Waals surface area contributed by atoms with Crippen molar-refractivity contribution in [3.05, 3.63) is 30.3 Å². The van der Waals surface area contributed by atoms with Crippen LogP contribution in [0.15, 0.2) is 30.3 Å². The van der Waals surface area contributed by atoms with Gasteiger partial charge in [-0.3, -0.25) is 0 Å². The van der Waals surface area contributed by atoms with E-state index in [1.54, 1.807) is 0 Å². The Morgan fingerprint density at radius 1 is 1.11 bits per heavy atom. The Morgan fingerprint density at radius 2 is 1.67 bits per heavy atom. The van der Waals surface area contributed by atoms with E-state index in [-0.39, 0.29) is 17.0 Å². The summed E-state index contributed by atoms with van der Waals surface area (Å²) < 4.78 is 5.10. The molecule has 0 saturated carbocycles. The van der Waals surface area contributed by atoms with Crippen LogP contribution >= 0.6 is 17.0 Å². The molecule has 0 fully saturated rings. The van der Waals surface area contributed by atoms with E-state index in [9.17, 15) is 0 Å². The second-order valence-corrected chi connectivity index (χ2v) is 2.37. The first-order valence-corrected chi connectivity index (χ1v) is 4.24. The van der Waals surface area contributed by atoms with Crippen LogP contribution in [0.4, 0.5) is 0 Å². The first-order valence-electron chi connectivity index (χ1n) is 2.52. The molecule has 3 heteroatoms. The average molecular weight is 250 g/mol. The van der Waals surface area contributed by atoms with E-state index in [0.717, 1.165) is 5.75 Å². The molecule has 1 aromatic rings. The van der Waals surface area contributed by atoms with Crippen molar-refractivity contribution in [3.8, 4) is 5.75 Å². The van der Waals surface area contributed by atoms with Crippen LogP contribution in [0.3, 0.4) is 0 Å². The van der Waals surface area contributed by atoms with Crippen LogP contribution in [0, 0.1) is 0 Å². The molecule has 50 valence electrons. The summed E-state index contributed by atoms with van der Waals surface area (Å²) >= 11 is 0.467. The second-order valence-electron chi connectivity index (χ2n) is 1.52. The Labute approximate surface area is 73.7 Å². The summed E-state index contributed by atoms with van der Waals surface area (Å²) in [6.45, 7) is 0. The van der Waals surface area contributed by atoms with Gasteiger partial charge in [0.2, 0.25) is 0 Å². The topological polar surface area (TPSA) is 9.23 Å². The van der Waals surface area contributed by atoms with Gasteiger partial charge in [0.05, 0.1) is 0 Å². The third-order valence-electron chi connectivity index (χ3n) is 0.979. The van der Waals surface area contributed by atoms with Gasteiger partial charge in [-0.05, 0) is 0 Å². The van der Waals surface area contributed by atoms with Crippen LogP contribution in [0.5, 0.6) is 5.75 Å². The molecule has 0 amide bonds. The van der Waals surface area contributed by atoms with E-state index in [2.05, 4.69) is 0 Å². The van der Waals surface area contributed by atoms with Crippen molar-refractivity contribution in [3.63, 3.8) is 0 Å². The van der Waals surface area contributed by atoms with E-state index >= 15 is 0 Å². The third kappa shape index (κ3) is 2.91. The fourth-order valence-electron chi connectivity index (χ4n) is 0.557. The van der Waals surface area contributed by atoms with Crippen molar-refractivity contribution >= 4 is 33.8 Å². The fraction of sp³-hybridized carbons (Fsp3) is 0. The molecule has 0 aliphatic heterocycles. The van der Waals surface area contributed by atoms with Gasteiger partial charge in [-0.25, -0.2) is 0 Å². The van der Waals surface area contributed by atoms with Gasteiger partial charge in [-0.15, -0.1) is 17.0 Å². The Hall–Kier alpha value is 0.0429. The van der Waals surface area contributed by atoms with Crippen LogP contribution in [0.25, 0.3) is 0 Å². The Kier molecular flexibility index (Phi) is 4.90. The molecule has 0 saturated heterocycles. The molecule has 0 aliphatic carbocycles. The first-order chi connectivity index (χ1) is 3.93. The molecule has 1 aromatic carbocycles. The van der Waals surface area contributed by atoms with Crippen molar-refractivity contribution in [1.82, 2.24) is 0 Å². The molecule has 0 unspecified atom stereocenters. The molecule has 0 aromatic heterocycles. The van der Waals surface area contributed by atoms with Crippen molar-refractivity contribution in [2.24, 2.45) is 0 Å². The Morgan fingerprint density at radius 3 is 2.00 bits per heavy atom. The monoisotopic (exact) mass is 250 g/mol. The van der Waals surface area contributed by atoms with E-state index < -0.39 is 0 Å². The van der Waals surface area contributed by atoms with Crippen molar-refractivity contribution < 1.29 is 3.76 Å². The second kappa shape index (κ2) is 4.88. The van der Waals surface area contributed by atoms with Crippen LogP contribution in [-0.4, -0.2) is 16.9 Å². The van der Waals surface area contributed by atoms with Crippen LogP contribution in [-0.2, 0) is 0 Å². The summed E-state index contributed by atoms with van der Waals surface area (Å²) in [5.41, 5.74) is 0. The number of para-hydroxylation sites is 1. The zero-order valence-corrected chi connectivity index (χ0v) is 11.1. The average Bonchev–Trinajstić information content (AvgIpc) is 1.90. The Balaban J connectivity index is 0.000000640. The molecule has 0 aliphatic rings. The van der Waals surface area contributed by atoms with Gasteiger partial charge < -0.3 is 0 Å². The quantitative estimate of drug-likeness (QED) is 0.673. The minimum atomic E-state index is 0. The van der Waals surface area contributed by atoms with Gasteiger partial charge in [0.15, 0.2) is 0 Å². The van der Waals surface area contributed by atoms with Crippen LogP contribution < -0.4 is 3.76 Å². The number of benzene rings is 1. The van der Waals surface area contributed by atoms with Gasteiger partial charge in [-0.2, -0.15) is 0 Å². The fourth-order valence-corrected chi connectivity index (χ4v) is 1.13. The van der Waals surface area contributed by atoms with Crippen molar-refractivity contribution in [1.29, 1.82) is 0 Å². The van der Waals surface area contributed by atoms with Gasteiger partial charge in [0.1, 0.15) is 0 Å². The number of hydrogen-bond acceptors (Lipinski definition) is 1. The standard InChI is InChI=1S/C6H8GeO.BrH/c7-8-6-4-2-1-3-5-6;/h1-5H,7H3;1H. The normalized spacial score (nSPS) is 8.00. The van der Waals surface area contributed by atoms with E-state index in [1.165, 1.54) is 0 Å². The summed E-state index contributed by atoms with van der Waals surface area (Å²) in [6, 6.07) is 9.86. The molecular formula is C6H9BrGeO. The number of hydrogen-bond donors (Lipinski definition) is 0. The van der Waals surface area contributed by atoms with Gasteiger partial charge in [0, 0.05) is 0 Å². The predicted molar refractivity (Wildman–Crippen MR) is 47.3 cm³/mol.